The molecule has 1 aromatic carbocycles. The number of hydrogen-bond donors (Lipinski definition) is 3. The summed E-state index contributed by atoms with van der Waals surface area (Å²) in [6.45, 7) is 2.91. The van der Waals surface area contributed by atoms with Gasteiger partial charge in [0, 0.05) is 38.9 Å². The van der Waals surface area contributed by atoms with Crippen molar-refractivity contribution < 1.29 is 19.5 Å². The number of carbonyl (C=O) groups excluding carboxylic acids is 2. The van der Waals surface area contributed by atoms with Gasteiger partial charge in [0.2, 0.25) is 0 Å². The topological polar surface area (TPSA) is 145 Å². The summed E-state index contributed by atoms with van der Waals surface area (Å²) in [5, 5.41) is 12.5. The molecule has 2 aliphatic heterocycles. The Kier molecular flexibility index (Phi) is 7.35. The lowest BCUT2D eigenvalue weighted by Gasteiger charge is -2.37. The summed E-state index contributed by atoms with van der Waals surface area (Å²) < 4.78 is 0. The molecule has 202 valence electrons. The Labute approximate surface area is 222 Å². The number of amides is 3. The second-order valence-corrected chi connectivity index (χ2v) is 10.6. The molecule has 0 unspecified atom stereocenters. The number of urea groups is 1. The molecule has 11 heteroatoms. The Hall–Kier alpha value is -3.89. The Balaban J connectivity index is 1.29. The molecule has 2 aromatic rings. The van der Waals surface area contributed by atoms with Gasteiger partial charge in [-0.2, -0.15) is 0 Å². The summed E-state index contributed by atoms with van der Waals surface area (Å²) in [5.41, 5.74) is 7.59. The quantitative estimate of drug-likeness (QED) is 0.504. The minimum atomic E-state index is -0.700. The number of primary amides is 1. The maximum atomic E-state index is 12.5. The van der Waals surface area contributed by atoms with E-state index in [1.165, 1.54) is 5.56 Å². The number of piperidine rings is 1. The number of carbonyl (C=O) groups is 3. The molecule has 5 rings (SSSR count). The molecule has 3 aliphatic rings. The van der Waals surface area contributed by atoms with Crippen LogP contribution in [0.3, 0.4) is 0 Å². The van der Waals surface area contributed by atoms with Crippen LogP contribution in [0.25, 0.3) is 0 Å². The Bertz CT molecular complexity index is 1200. The van der Waals surface area contributed by atoms with Gasteiger partial charge in [0.1, 0.15) is 5.82 Å². The lowest BCUT2D eigenvalue weighted by molar-refractivity contribution is -0.142. The molecule has 0 radical (unpaired) electrons. The molecule has 11 nitrogen and oxygen atoms in total. The number of anilines is 3. The second kappa shape index (κ2) is 10.8. The van der Waals surface area contributed by atoms with Gasteiger partial charge in [0.15, 0.2) is 11.5 Å². The molecule has 0 bridgehead atoms. The van der Waals surface area contributed by atoms with Crippen LogP contribution in [0, 0.1) is 5.92 Å². The molecule has 1 aromatic heterocycles. The van der Waals surface area contributed by atoms with E-state index in [0.29, 0.717) is 36.9 Å². The van der Waals surface area contributed by atoms with E-state index in [1.807, 2.05) is 36.2 Å². The van der Waals surface area contributed by atoms with Crippen LogP contribution < -0.4 is 16.0 Å². The minimum Gasteiger partial charge on any atom is -0.481 e. The van der Waals surface area contributed by atoms with Crippen molar-refractivity contribution in [1.82, 2.24) is 19.8 Å². The van der Waals surface area contributed by atoms with Crippen molar-refractivity contribution in [1.29, 1.82) is 0 Å². The van der Waals surface area contributed by atoms with Crippen LogP contribution in [-0.4, -0.2) is 82.1 Å². The summed E-state index contributed by atoms with van der Waals surface area (Å²) >= 11 is 0. The van der Waals surface area contributed by atoms with E-state index < -0.39 is 11.9 Å². The molecule has 3 heterocycles. The number of aliphatic carboxylic acids is 1. The fourth-order valence-corrected chi connectivity index (χ4v) is 5.87. The summed E-state index contributed by atoms with van der Waals surface area (Å²) in [6.07, 6.45) is 6.56. The summed E-state index contributed by atoms with van der Waals surface area (Å²) in [5.74, 6) is -0.330. The zero-order valence-corrected chi connectivity index (χ0v) is 21.7. The van der Waals surface area contributed by atoms with E-state index in [2.05, 4.69) is 15.2 Å². The molecule has 1 aliphatic carbocycles. The van der Waals surface area contributed by atoms with E-state index in [4.69, 9.17) is 10.7 Å². The predicted octanol–water partition coefficient (Wildman–Crippen LogP) is 3.01. The molecular formula is C27H35N7O4. The summed E-state index contributed by atoms with van der Waals surface area (Å²) in [4.78, 5) is 50.7. The molecule has 3 amide bonds. The number of benzene rings is 1. The number of aromatic nitrogens is 2. The number of hydrogen-bond acceptors (Lipinski definition) is 7. The number of likely N-dealkylation sites (N-methyl/N-ethyl adjacent to an activating group) is 1. The number of rotatable bonds is 7. The molecule has 4 N–H and O–H groups in total. The first-order valence-corrected chi connectivity index (χ1v) is 13.3. The molecule has 0 spiro atoms. The molecule has 1 saturated carbocycles. The smallest absolute Gasteiger partial charge is 0.320 e. The largest absolute Gasteiger partial charge is 0.481 e. The Morgan fingerprint density at radius 2 is 1.79 bits per heavy atom. The molecule has 2 saturated heterocycles. The van der Waals surface area contributed by atoms with Crippen LogP contribution in [0.15, 0.2) is 30.5 Å². The average Bonchev–Trinajstić information content (AvgIpc) is 3.27. The third-order valence-electron chi connectivity index (χ3n) is 8.12. The average molecular weight is 522 g/mol. The van der Waals surface area contributed by atoms with Gasteiger partial charge >= 0.3 is 12.0 Å². The van der Waals surface area contributed by atoms with E-state index in [1.54, 1.807) is 11.1 Å². The summed E-state index contributed by atoms with van der Waals surface area (Å²) in [6, 6.07) is 8.11. The third-order valence-corrected chi connectivity index (χ3v) is 8.12. The number of nitrogens with zero attached hydrogens (tertiary/aromatic N) is 5. The van der Waals surface area contributed by atoms with Crippen molar-refractivity contribution in [3.63, 3.8) is 0 Å². The Morgan fingerprint density at radius 1 is 1.05 bits per heavy atom. The van der Waals surface area contributed by atoms with Crippen LogP contribution in [-0.2, 0) is 4.79 Å². The highest BCUT2D eigenvalue weighted by Crippen LogP contribution is 2.36. The Morgan fingerprint density at radius 3 is 2.42 bits per heavy atom. The van der Waals surface area contributed by atoms with Crippen LogP contribution in [0.5, 0.6) is 0 Å². The van der Waals surface area contributed by atoms with Crippen molar-refractivity contribution in [2.24, 2.45) is 11.7 Å². The number of carboxylic acid groups (broad SMARTS) is 1. The van der Waals surface area contributed by atoms with E-state index in [-0.39, 0.29) is 23.7 Å². The van der Waals surface area contributed by atoms with Crippen molar-refractivity contribution in [3.8, 4) is 0 Å². The van der Waals surface area contributed by atoms with Gasteiger partial charge in [-0.25, -0.2) is 14.8 Å². The first-order chi connectivity index (χ1) is 18.3. The first-order valence-electron chi connectivity index (χ1n) is 13.3. The number of nitrogens with two attached hydrogens (primary N) is 1. The minimum absolute atomic E-state index is 0.0627. The zero-order chi connectivity index (χ0) is 26.8. The van der Waals surface area contributed by atoms with Crippen molar-refractivity contribution in [2.75, 3.05) is 43.4 Å². The standard InChI is InChI=1S/C27H35N7O4/c1-32-13-14-34(27(32)38)21-3-2-12-33(16-21)22-15-29-23(24(28)35)25(31-22)30-20-10-8-18(9-11-20)17-4-6-19(7-5-17)26(36)37/h8-11,15,17,19,21H,2-7,12-14,16H2,1H3,(H2,28,35)(H,30,31)(H,36,37)/t17?,19?,21-/m1/s1. The van der Waals surface area contributed by atoms with Crippen molar-refractivity contribution >= 4 is 35.2 Å². The maximum Gasteiger partial charge on any atom is 0.320 e. The van der Waals surface area contributed by atoms with Gasteiger partial charge in [0.05, 0.1) is 18.2 Å². The maximum absolute atomic E-state index is 12.5. The molecular weight excluding hydrogens is 486 g/mol. The fraction of sp³-hybridized carbons (Fsp3) is 0.519. The lowest BCUT2D eigenvalue weighted by Crippen LogP contribution is -2.49. The zero-order valence-electron chi connectivity index (χ0n) is 21.7. The normalized spacial score (nSPS) is 24.0. The predicted molar refractivity (Wildman–Crippen MR) is 143 cm³/mol. The summed E-state index contributed by atoms with van der Waals surface area (Å²) in [7, 11) is 1.82. The van der Waals surface area contributed by atoms with Gasteiger partial charge < -0.3 is 30.9 Å². The van der Waals surface area contributed by atoms with Crippen LogP contribution in [0.4, 0.5) is 22.1 Å². The second-order valence-electron chi connectivity index (χ2n) is 10.6. The van der Waals surface area contributed by atoms with Gasteiger partial charge in [-0.1, -0.05) is 12.1 Å². The van der Waals surface area contributed by atoms with Crippen LogP contribution >= 0.6 is 0 Å². The lowest BCUT2D eigenvalue weighted by atomic mass is 9.79. The van der Waals surface area contributed by atoms with Crippen LogP contribution in [0.2, 0.25) is 0 Å². The fourth-order valence-electron chi connectivity index (χ4n) is 5.87. The monoisotopic (exact) mass is 521 g/mol. The van der Waals surface area contributed by atoms with Gasteiger partial charge in [0.25, 0.3) is 5.91 Å². The highest BCUT2D eigenvalue weighted by molar-refractivity contribution is 5.96. The third kappa shape index (κ3) is 5.36. The first kappa shape index (κ1) is 25.7. The highest BCUT2D eigenvalue weighted by atomic mass is 16.4. The van der Waals surface area contributed by atoms with E-state index in [9.17, 15) is 19.5 Å². The van der Waals surface area contributed by atoms with Gasteiger partial charge in [-0.05, 0) is 62.1 Å². The molecule has 3 fully saturated rings. The van der Waals surface area contributed by atoms with Crippen molar-refractivity contribution in [2.45, 2.75) is 50.5 Å². The molecule has 1 atom stereocenters. The van der Waals surface area contributed by atoms with E-state index >= 15 is 0 Å². The van der Waals surface area contributed by atoms with Crippen LogP contribution in [0.1, 0.15) is 60.5 Å². The number of carboxylic acids is 1. The SMILES string of the molecule is CN1CCN([C@@H]2CCCN(c3cnc(C(N)=O)c(Nc4ccc(C5CCC(C(=O)O)CC5)cc4)n3)C2)C1=O. The van der Waals surface area contributed by atoms with Gasteiger partial charge in [-0.3, -0.25) is 9.59 Å². The van der Waals surface area contributed by atoms with E-state index in [0.717, 1.165) is 51.0 Å². The van der Waals surface area contributed by atoms with Crippen molar-refractivity contribution in [3.05, 3.63) is 41.7 Å². The van der Waals surface area contributed by atoms with Gasteiger partial charge in [-0.15, -0.1) is 0 Å². The highest BCUT2D eigenvalue weighted by Gasteiger charge is 2.34. The molecule has 38 heavy (non-hydrogen) atoms. The number of nitrogens with one attached hydrogen (secondary N) is 1.